The van der Waals surface area contributed by atoms with Crippen LogP contribution in [0.1, 0.15) is 96.5 Å². The molecule has 0 saturated heterocycles. The molecule has 7 nitrogen and oxygen atoms in total. The van der Waals surface area contributed by atoms with E-state index in [1.165, 1.54) is 19.8 Å². The van der Waals surface area contributed by atoms with Crippen molar-refractivity contribution in [3.8, 4) is 0 Å². The van der Waals surface area contributed by atoms with Crippen LogP contribution in [0.4, 0.5) is 0 Å². The van der Waals surface area contributed by atoms with Crippen molar-refractivity contribution in [3.63, 3.8) is 0 Å². The summed E-state index contributed by atoms with van der Waals surface area (Å²) in [4.78, 5) is 47.6. The number of halogens is 1. The Morgan fingerprint density at radius 2 is 1.47 bits per heavy atom. The van der Waals surface area contributed by atoms with Gasteiger partial charge in [-0.15, -0.1) is 0 Å². The first kappa shape index (κ1) is 29.7. The van der Waals surface area contributed by atoms with Crippen molar-refractivity contribution >= 4 is 35.6 Å². The third-order valence-electron chi connectivity index (χ3n) is 7.42. The van der Waals surface area contributed by atoms with E-state index in [1.54, 1.807) is 26.0 Å². The molecule has 0 unspecified atom stereocenters. The minimum atomic E-state index is -4.03. The summed E-state index contributed by atoms with van der Waals surface area (Å²) in [7, 11) is -4.03. The number of carbonyl (C=O) groups excluding carboxylic acids is 2. The fraction of sp³-hybridized carbons (Fsp3) is 0.704. The standard InChI is InChI=1S/C27H41BrNO6P/c1-4-33-36(32,34-5-2)26(25(20(3)30)21-16-18-22(28)19-17-21)27(31)35-29(23-12-8-6-9-13-23)24-14-10-7-11-15-24/h16-19,23-26H,4-15H2,1-3H3/q+1/p+1/t25-,26-/m1/s1. The van der Waals surface area contributed by atoms with E-state index in [2.05, 4.69) is 15.9 Å². The van der Waals surface area contributed by atoms with Crippen LogP contribution in [0.15, 0.2) is 28.7 Å². The molecule has 0 amide bonds. The Morgan fingerprint density at radius 1 is 1.00 bits per heavy atom. The van der Waals surface area contributed by atoms with Gasteiger partial charge in [0.05, 0.1) is 18.0 Å². The maximum atomic E-state index is 14.2. The first-order chi connectivity index (χ1) is 17.3. The van der Waals surface area contributed by atoms with Gasteiger partial charge in [-0.3, -0.25) is 4.79 Å². The van der Waals surface area contributed by atoms with E-state index >= 15 is 0 Å². The maximum absolute atomic E-state index is 14.2. The lowest BCUT2D eigenvalue weighted by molar-refractivity contribution is -1.11. The van der Waals surface area contributed by atoms with E-state index in [0.29, 0.717) is 5.56 Å². The van der Waals surface area contributed by atoms with Crippen molar-refractivity contribution in [1.82, 2.24) is 0 Å². The molecule has 0 aromatic heterocycles. The SMILES string of the molecule is CCO[P+]([O-])(OCC)[C@@H](C(=[O+])O[NH+](C1CCCCC1)C1CCCCC1)[C@H](C(C)=O)c1ccc(Br)cc1. The highest BCUT2D eigenvalue weighted by atomic mass is 79.9. The lowest BCUT2D eigenvalue weighted by Gasteiger charge is -2.34. The molecular weight excluding hydrogens is 545 g/mol. The summed E-state index contributed by atoms with van der Waals surface area (Å²) in [6, 6.07) is 7.59. The molecule has 0 spiro atoms. The van der Waals surface area contributed by atoms with Crippen molar-refractivity contribution in [2.45, 2.75) is 109 Å². The topological polar surface area (TPSA) is 92.2 Å². The molecular formula is C27H42BrNO6P+2. The van der Waals surface area contributed by atoms with Crippen LogP contribution in [0.5, 0.6) is 0 Å². The third kappa shape index (κ3) is 7.58. The molecule has 0 bridgehead atoms. The van der Waals surface area contributed by atoms with Crippen molar-refractivity contribution in [1.29, 1.82) is 0 Å². The van der Waals surface area contributed by atoms with Gasteiger partial charge in [-0.2, -0.15) is 0 Å². The van der Waals surface area contributed by atoms with Gasteiger partial charge in [-0.1, -0.05) is 50.8 Å². The van der Waals surface area contributed by atoms with Gasteiger partial charge in [-0.25, -0.2) is 9.05 Å². The van der Waals surface area contributed by atoms with Crippen LogP contribution in [-0.4, -0.2) is 42.7 Å². The molecule has 1 radical (unpaired) electrons. The number of rotatable bonds is 12. The van der Waals surface area contributed by atoms with Crippen LogP contribution in [-0.2, 0) is 23.5 Å². The van der Waals surface area contributed by atoms with E-state index in [0.717, 1.165) is 60.9 Å². The summed E-state index contributed by atoms with van der Waals surface area (Å²) in [5.41, 5.74) is -0.789. The zero-order chi connectivity index (χ0) is 26.1. The average molecular weight is 588 g/mol. The Bertz CT molecular complexity index is 817. The van der Waals surface area contributed by atoms with E-state index in [9.17, 15) is 14.5 Å². The molecule has 2 saturated carbocycles. The predicted molar refractivity (Wildman–Crippen MR) is 142 cm³/mol. The molecule has 2 aliphatic rings. The summed E-state index contributed by atoms with van der Waals surface area (Å²) in [6.45, 7) is 5.01. The highest BCUT2D eigenvalue weighted by Gasteiger charge is 2.63. The molecule has 1 aromatic rings. The molecule has 3 rings (SSSR count). The van der Waals surface area contributed by atoms with Crippen LogP contribution in [0.25, 0.3) is 0 Å². The average Bonchev–Trinajstić information content (AvgIpc) is 2.87. The van der Waals surface area contributed by atoms with Gasteiger partial charge in [-0.05, 0) is 64.2 Å². The molecule has 201 valence electrons. The quantitative estimate of drug-likeness (QED) is 0.217. The Kier molecular flexibility index (Phi) is 11.8. The molecule has 2 fully saturated rings. The second kappa shape index (κ2) is 14.3. The van der Waals surface area contributed by atoms with E-state index in [1.807, 2.05) is 12.1 Å². The fourth-order valence-electron chi connectivity index (χ4n) is 5.77. The van der Waals surface area contributed by atoms with Gasteiger partial charge < -0.3 is 4.89 Å². The van der Waals surface area contributed by atoms with Crippen LogP contribution in [0.2, 0.25) is 0 Å². The zero-order valence-electron chi connectivity index (χ0n) is 21.9. The molecule has 2 atom stereocenters. The van der Waals surface area contributed by atoms with Crippen molar-refractivity contribution in [3.05, 3.63) is 34.3 Å². The largest absolute Gasteiger partial charge is 0.683 e. The van der Waals surface area contributed by atoms with Crippen molar-refractivity contribution < 1.29 is 33.4 Å². The number of quaternary nitrogens is 1. The number of carbonyl (C=O) groups is 2. The number of ketones is 1. The smallest absolute Gasteiger partial charge is 0.631 e. The van der Waals surface area contributed by atoms with Gasteiger partial charge in [0.15, 0.2) is 0 Å². The molecule has 1 aromatic carbocycles. The number of Topliss-reactive ketones (excluding diaryl/α,β-unsaturated/α-hetero) is 1. The normalized spacial score (nSPS) is 19.7. The molecule has 2 aliphatic carbocycles. The lowest BCUT2D eigenvalue weighted by Crippen LogP contribution is -3.19. The summed E-state index contributed by atoms with van der Waals surface area (Å²) >= 11 is 3.42. The van der Waals surface area contributed by atoms with Gasteiger partial charge in [0, 0.05) is 30.2 Å². The highest BCUT2D eigenvalue weighted by Crippen LogP contribution is 2.61. The highest BCUT2D eigenvalue weighted by molar-refractivity contribution is 9.10. The predicted octanol–water partition coefficient (Wildman–Crippen LogP) is 4.69. The Balaban J connectivity index is 2.01. The number of hydroxylamine groups is 2. The van der Waals surface area contributed by atoms with Crippen molar-refractivity contribution in [2.75, 3.05) is 13.2 Å². The zero-order valence-corrected chi connectivity index (χ0v) is 24.4. The lowest BCUT2D eigenvalue weighted by atomic mass is 9.90. The molecule has 0 heterocycles. The molecule has 1 N–H and O–H groups in total. The van der Waals surface area contributed by atoms with Crippen LogP contribution in [0.3, 0.4) is 0 Å². The summed E-state index contributed by atoms with van der Waals surface area (Å²) < 4.78 is 12.2. The Labute approximate surface area is 224 Å². The second-order valence-corrected chi connectivity index (χ2v) is 13.0. The van der Waals surface area contributed by atoms with Crippen molar-refractivity contribution in [2.24, 2.45) is 0 Å². The van der Waals surface area contributed by atoms with E-state index in [4.69, 9.17) is 13.9 Å². The minimum absolute atomic E-state index is 0.0911. The Hall–Kier alpha value is -0.890. The van der Waals surface area contributed by atoms with Gasteiger partial charge in [0.2, 0.25) is 0 Å². The number of nitrogens with one attached hydrogen (secondary N) is 1. The minimum Gasteiger partial charge on any atom is -0.631 e. The number of benzene rings is 1. The van der Waals surface area contributed by atoms with Crippen LogP contribution >= 0.6 is 23.9 Å². The summed E-state index contributed by atoms with van der Waals surface area (Å²) in [5, 5.41) is 0.835. The molecule has 36 heavy (non-hydrogen) atoms. The monoisotopic (exact) mass is 586 g/mol. The van der Waals surface area contributed by atoms with E-state index < -0.39 is 25.5 Å². The third-order valence-corrected chi connectivity index (χ3v) is 10.4. The van der Waals surface area contributed by atoms with Gasteiger partial charge >= 0.3 is 5.97 Å². The van der Waals surface area contributed by atoms with Crippen LogP contribution < -0.4 is 9.96 Å². The molecule has 9 heteroatoms. The fourth-order valence-corrected chi connectivity index (χ4v) is 8.20. The Morgan fingerprint density at radius 3 is 1.89 bits per heavy atom. The van der Waals surface area contributed by atoms with E-state index in [-0.39, 0.29) is 31.1 Å². The second-order valence-electron chi connectivity index (χ2n) is 9.95. The van der Waals surface area contributed by atoms with Crippen LogP contribution in [0, 0.1) is 0 Å². The van der Waals surface area contributed by atoms with Gasteiger partial charge in [0.1, 0.15) is 23.8 Å². The number of hydrogen-bond donors (Lipinski definition) is 1. The maximum Gasteiger partial charge on any atom is 0.683 e. The molecule has 0 aliphatic heterocycles. The summed E-state index contributed by atoms with van der Waals surface area (Å²) in [6.07, 6.45) is 10.9. The first-order valence-electron chi connectivity index (χ1n) is 13.5. The summed E-state index contributed by atoms with van der Waals surface area (Å²) in [5.74, 6) is -1.96. The first-order valence-corrected chi connectivity index (χ1v) is 15.9. The number of hydrogen-bond acceptors (Lipinski definition) is 6. The van der Waals surface area contributed by atoms with Gasteiger partial charge in [0.25, 0.3) is 13.6 Å².